The molecule has 0 aromatic rings. The third-order valence-corrected chi connectivity index (χ3v) is 6.06. The molecule has 0 radical (unpaired) electrons. The van der Waals surface area contributed by atoms with Crippen LogP contribution in [0.25, 0.3) is 0 Å². The van der Waals surface area contributed by atoms with Crippen molar-refractivity contribution in [2.75, 3.05) is 19.7 Å². The lowest BCUT2D eigenvalue weighted by atomic mass is 9.59. The topological polar surface area (TPSA) is 58.6 Å². The standard InChI is InChI=1S/C18H29NO3/c1-12-5-3-6-18(2)10-16-13(9-15(12)18)14(17(21)22-16)11-19-7-4-8-20/h13-14,16,19-20H,3-11H2,1-2H3/t13-,14-,16-,18-/m1/s1. The van der Waals surface area contributed by atoms with Crippen molar-refractivity contribution in [2.45, 2.75) is 58.5 Å². The summed E-state index contributed by atoms with van der Waals surface area (Å²) in [7, 11) is 0. The van der Waals surface area contributed by atoms with E-state index in [9.17, 15) is 4.79 Å². The number of fused-ring (bicyclic) bond motifs is 2. The number of allylic oxidation sites excluding steroid dienone is 2. The van der Waals surface area contributed by atoms with Crippen LogP contribution in [0, 0.1) is 17.3 Å². The van der Waals surface area contributed by atoms with Gasteiger partial charge in [-0.1, -0.05) is 18.1 Å². The molecule has 0 amide bonds. The zero-order valence-corrected chi connectivity index (χ0v) is 13.9. The molecule has 1 aliphatic heterocycles. The molecule has 4 atom stereocenters. The van der Waals surface area contributed by atoms with Gasteiger partial charge in [-0.05, 0) is 57.4 Å². The van der Waals surface area contributed by atoms with Crippen molar-refractivity contribution in [3.8, 4) is 0 Å². The van der Waals surface area contributed by atoms with Crippen LogP contribution in [-0.4, -0.2) is 36.9 Å². The molecule has 0 spiro atoms. The van der Waals surface area contributed by atoms with Crippen molar-refractivity contribution in [3.63, 3.8) is 0 Å². The van der Waals surface area contributed by atoms with Gasteiger partial charge >= 0.3 is 5.97 Å². The molecule has 22 heavy (non-hydrogen) atoms. The fourth-order valence-corrected chi connectivity index (χ4v) is 4.81. The molecular weight excluding hydrogens is 278 g/mol. The zero-order chi connectivity index (χ0) is 15.7. The zero-order valence-electron chi connectivity index (χ0n) is 13.9. The van der Waals surface area contributed by atoms with Gasteiger partial charge in [-0.2, -0.15) is 0 Å². The molecule has 0 aromatic carbocycles. The fraction of sp³-hybridized carbons (Fsp3) is 0.833. The Labute approximate surface area is 133 Å². The van der Waals surface area contributed by atoms with Crippen molar-refractivity contribution in [1.82, 2.24) is 5.32 Å². The second-order valence-corrected chi connectivity index (χ2v) is 7.61. The molecule has 1 saturated carbocycles. The molecule has 1 heterocycles. The van der Waals surface area contributed by atoms with Crippen LogP contribution in [0.5, 0.6) is 0 Å². The van der Waals surface area contributed by atoms with Crippen LogP contribution >= 0.6 is 0 Å². The van der Waals surface area contributed by atoms with Gasteiger partial charge < -0.3 is 15.2 Å². The Morgan fingerprint density at radius 2 is 2.27 bits per heavy atom. The summed E-state index contributed by atoms with van der Waals surface area (Å²) in [5, 5.41) is 12.2. The summed E-state index contributed by atoms with van der Waals surface area (Å²) in [5.74, 6) is 0.299. The number of esters is 1. The lowest BCUT2D eigenvalue weighted by Gasteiger charge is -2.45. The minimum Gasteiger partial charge on any atom is -0.462 e. The van der Waals surface area contributed by atoms with Crippen molar-refractivity contribution in [1.29, 1.82) is 0 Å². The predicted molar refractivity (Wildman–Crippen MR) is 85.3 cm³/mol. The smallest absolute Gasteiger partial charge is 0.310 e. The van der Waals surface area contributed by atoms with Crippen LogP contribution in [0.3, 0.4) is 0 Å². The number of carbonyl (C=O) groups excluding carboxylic acids is 1. The molecule has 2 fully saturated rings. The fourth-order valence-electron chi connectivity index (χ4n) is 4.81. The molecule has 0 bridgehead atoms. The lowest BCUT2D eigenvalue weighted by Crippen LogP contribution is -2.40. The highest BCUT2D eigenvalue weighted by molar-refractivity contribution is 5.76. The first-order valence-electron chi connectivity index (χ1n) is 8.76. The van der Waals surface area contributed by atoms with E-state index in [1.165, 1.54) is 19.3 Å². The molecule has 1 saturated heterocycles. The molecule has 4 heteroatoms. The number of hydrogen-bond donors (Lipinski definition) is 2. The van der Waals surface area contributed by atoms with Crippen LogP contribution in [0.2, 0.25) is 0 Å². The van der Waals surface area contributed by atoms with Crippen LogP contribution in [-0.2, 0) is 9.53 Å². The first-order chi connectivity index (χ1) is 10.5. The first-order valence-corrected chi connectivity index (χ1v) is 8.76. The highest BCUT2D eigenvalue weighted by atomic mass is 16.6. The lowest BCUT2D eigenvalue weighted by molar-refractivity contribution is -0.145. The number of nitrogens with one attached hydrogen (secondary N) is 1. The minimum absolute atomic E-state index is 0.0181. The Hall–Kier alpha value is -0.870. The van der Waals surface area contributed by atoms with Crippen molar-refractivity contribution in [3.05, 3.63) is 11.1 Å². The highest BCUT2D eigenvalue weighted by Gasteiger charge is 2.52. The van der Waals surface area contributed by atoms with E-state index in [0.29, 0.717) is 12.5 Å². The highest BCUT2D eigenvalue weighted by Crippen LogP contribution is 2.54. The maximum atomic E-state index is 12.3. The Morgan fingerprint density at radius 1 is 1.45 bits per heavy atom. The second-order valence-electron chi connectivity index (χ2n) is 7.61. The molecule has 4 nitrogen and oxygen atoms in total. The number of aliphatic hydroxyl groups excluding tert-OH is 1. The quantitative estimate of drug-likeness (QED) is 0.465. The number of aliphatic hydroxyl groups is 1. The number of hydrogen-bond acceptors (Lipinski definition) is 4. The number of rotatable bonds is 5. The first kappa shape index (κ1) is 16.0. The maximum absolute atomic E-state index is 12.3. The molecule has 0 unspecified atom stereocenters. The molecule has 0 aromatic heterocycles. The van der Waals surface area contributed by atoms with E-state index in [-0.39, 0.29) is 30.0 Å². The van der Waals surface area contributed by atoms with Gasteiger partial charge in [0.05, 0.1) is 5.92 Å². The van der Waals surface area contributed by atoms with Gasteiger partial charge in [0.2, 0.25) is 0 Å². The van der Waals surface area contributed by atoms with Gasteiger partial charge in [-0.15, -0.1) is 0 Å². The van der Waals surface area contributed by atoms with Crippen LogP contribution in [0.1, 0.15) is 52.4 Å². The monoisotopic (exact) mass is 307 g/mol. The summed E-state index contributed by atoms with van der Waals surface area (Å²) in [5.41, 5.74) is 3.42. The molecule has 3 rings (SSSR count). The van der Waals surface area contributed by atoms with E-state index >= 15 is 0 Å². The van der Waals surface area contributed by atoms with Crippen molar-refractivity contribution < 1.29 is 14.6 Å². The summed E-state index contributed by atoms with van der Waals surface area (Å²) >= 11 is 0. The average Bonchev–Trinajstić information content (AvgIpc) is 2.76. The molecular formula is C18H29NO3. The van der Waals surface area contributed by atoms with Gasteiger partial charge in [0.1, 0.15) is 6.10 Å². The van der Waals surface area contributed by atoms with E-state index in [1.807, 2.05) is 0 Å². The number of ether oxygens (including phenoxy) is 1. The van der Waals surface area contributed by atoms with Crippen molar-refractivity contribution in [2.24, 2.45) is 17.3 Å². The molecule has 3 aliphatic rings. The Kier molecular flexibility index (Phi) is 4.60. The van der Waals surface area contributed by atoms with Gasteiger partial charge in [-0.25, -0.2) is 0 Å². The molecule has 124 valence electrons. The van der Waals surface area contributed by atoms with Crippen LogP contribution in [0.4, 0.5) is 0 Å². The Bertz CT molecular complexity index is 473. The van der Waals surface area contributed by atoms with Crippen LogP contribution < -0.4 is 5.32 Å². The van der Waals surface area contributed by atoms with Gasteiger partial charge in [-0.3, -0.25) is 4.79 Å². The number of carbonyl (C=O) groups is 1. The van der Waals surface area contributed by atoms with E-state index in [1.54, 1.807) is 11.1 Å². The van der Waals surface area contributed by atoms with E-state index in [0.717, 1.165) is 25.8 Å². The summed E-state index contributed by atoms with van der Waals surface area (Å²) < 4.78 is 5.73. The molecule has 2 N–H and O–H groups in total. The van der Waals surface area contributed by atoms with Crippen LogP contribution in [0.15, 0.2) is 11.1 Å². The third kappa shape index (κ3) is 2.83. The summed E-state index contributed by atoms with van der Waals surface area (Å²) in [6.07, 6.45) is 6.60. The van der Waals surface area contributed by atoms with E-state index in [2.05, 4.69) is 19.2 Å². The summed E-state index contributed by atoms with van der Waals surface area (Å²) in [4.78, 5) is 12.3. The second kappa shape index (κ2) is 6.32. The maximum Gasteiger partial charge on any atom is 0.310 e. The SMILES string of the molecule is CC1=C2C[C@H]3[C@@H](C[C@@]2(C)CCC1)OC(=O)[C@@H]3CNCCCO. The molecule has 2 aliphatic carbocycles. The van der Waals surface area contributed by atoms with E-state index < -0.39 is 0 Å². The predicted octanol–water partition coefficient (Wildman–Crippen LogP) is 2.42. The van der Waals surface area contributed by atoms with Gasteiger partial charge in [0, 0.05) is 19.1 Å². The van der Waals surface area contributed by atoms with Crippen molar-refractivity contribution >= 4 is 5.97 Å². The normalized spacial score (nSPS) is 37.8. The van der Waals surface area contributed by atoms with Gasteiger partial charge in [0.25, 0.3) is 0 Å². The largest absolute Gasteiger partial charge is 0.462 e. The van der Waals surface area contributed by atoms with E-state index in [4.69, 9.17) is 9.84 Å². The third-order valence-electron chi connectivity index (χ3n) is 6.06. The van der Waals surface area contributed by atoms with Gasteiger partial charge in [0.15, 0.2) is 0 Å². The summed E-state index contributed by atoms with van der Waals surface area (Å²) in [6.45, 7) is 6.28. The Morgan fingerprint density at radius 3 is 3.05 bits per heavy atom. The average molecular weight is 307 g/mol. The minimum atomic E-state index is -0.0213. The summed E-state index contributed by atoms with van der Waals surface area (Å²) in [6, 6.07) is 0. The Balaban J connectivity index is 1.71.